The van der Waals surface area contributed by atoms with Gasteiger partial charge in [-0.05, 0) is 12.1 Å². The first-order valence-electron chi connectivity index (χ1n) is 4.18. The van der Waals surface area contributed by atoms with E-state index in [0.717, 1.165) is 5.69 Å². The van der Waals surface area contributed by atoms with Crippen LogP contribution in [0.3, 0.4) is 0 Å². The molecule has 14 heavy (non-hydrogen) atoms. The Labute approximate surface area is 81.3 Å². The Hall–Kier alpha value is -2.17. The highest BCUT2D eigenvalue weighted by Gasteiger charge is 2.02. The van der Waals surface area contributed by atoms with Crippen molar-refractivity contribution in [2.75, 3.05) is 16.9 Å². The number of aromatic nitrogens is 2. The van der Waals surface area contributed by atoms with Gasteiger partial charge in [0.1, 0.15) is 0 Å². The summed E-state index contributed by atoms with van der Waals surface area (Å²) in [6.45, 7) is 0. The molecule has 0 amide bonds. The lowest BCUT2D eigenvalue weighted by Crippen LogP contribution is -2.13. The van der Waals surface area contributed by atoms with Crippen LogP contribution in [0.25, 0.3) is 0 Å². The fraction of sp³-hybridized carbons (Fsp3) is 0. The zero-order valence-electron chi connectivity index (χ0n) is 7.51. The highest BCUT2D eigenvalue weighted by molar-refractivity contribution is 5.58. The van der Waals surface area contributed by atoms with Crippen LogP contribution in [0, 0.1) is 0 Å². The minimum absolute atomic E-state index is 0.411. The van der Waals surface area contributed by atoms with Gasteiger partial charge in [0.2, 0.25) is 0 Å². The molecule has 0 aliphatic rings. The van der Waals surface area contributed by atoms with Gasteiger partial charge in [0.15, 0.2) is 5.82 Å². The normalized spacial score (nSPS) is 10.0. The first-order chi connectivity index (χ1) is 6.77. The van der Waals surface area contributed by atoms with Crippen molar-refractivity contribution >= 4 is 17.2 Å². The molecule has 0 fully saturated rings. The smallest absolute Gasteiger partial charge is 0.168 e. The summed E-state index contributed by atoms with van der Waals surface area (Å²) < 4.78 is 0. The van der Waals surface area contributed by atoms with Crippen molar-refractivity contribution < 1.29 is 0 Å². The quantitative estimate of drug-likeness (QED) is 0.656. The summed E-state index contributed by atoms with van der Waals surface area (Å²) in [6.07, 6.45) is 1.51. The van der Waals surface area contributed by atoms with Gasteiger partial charge in [-0.3, -0.25) is 5.43 Å². The van der Waals surface area contributed by atoms with Gasteiger partial charge in [0.05, 0.1) is 17.6 Å². The molecule has 0 aliphatic carbocycles. The number of rotatable bonds is 2. The molecule has 0 saturated carbocycles. The molecule has 0 unspecified atom stereocenters. The number of nitrogens with two attached hydrogens (primary N) is 2. The molecule has 1 heterocycles. The molecule has 0 spiro atoms. The Bertz CT molecular complexity index is 420. The van der Waals surface area contributed by atoms with Crippen molar-refractivity contribution in [2.24, 2.45) is 0 Å². The highest BCUT2D eigenvalue weighted by atomic mass is 15.6. The standard InChI is InChI=1S/C9H11N5/c10-8-6-12-14(9(8)11)13-7-4-2-1-3-5-7/h1-6,13H,10-11H2. The van der Waals surface area contributed by atoms with E-state index in [-0.39, 0.29) is 0 Å². The van der Waals surface area contributed by atoms with Gasteiger partial charge in [0, 0.05) is 0 Å². The largest absolute Gasteiger partial charge is 0.394 e. The van der Waals surface area contributed by atoms with Crippen molar-refractivity contribution in [1.82, 2.24) is 9.89 Å². The predicted molar refractivity (Wildman–Crippen MR) is 56.5 cm³/mol. The molecule has 2 rings (SSSR count). The monoisotopic (exact) mass is 189 g/mol. The maximum absolute atomic E-state index is 5.66. The molecule has 5 nitrogen and oxygen atoms in total. The van der Waals surface area contributed by atoms with Crippen LogP contribution in [0.1, 0.15) is 0 Å². The van der Waals surface area contributed by atoms with E-state index in [0.29, 0.717) is 11.5 Å². The molecule has 5 heteroatoms. The third kappa shape index (κ3) is 1.47. The molecule has 72 valence electrons. The number of para-hydroxylation sites is 1. The van der Waals surface area contributed by atoms with Crippen molar-refractivity contribution in [1.29, 1.82) is 0 Å². The van der Waals surface area contributed by atoms with Crippen LogP contribution in [-0.2, 0) is 0 Å². The second-order valence-corrected chi connectivity index (χ2v) is 2.87. The van der Waals surface area contributed by atoms with Gasteiger partial charge in [-0.2, -0.15) is 9.89 Å². The van der Waals surface area contributed by atoms with Crippen LogP contribution in [0.5, 0.6) is 0 Å². The van der Waals surface area contributed by atoms with Crippen LogP contribution in [-0.4, -0.2) is 9.89 Å². The number of nitrogens with zero attached hydrogens (tertiary/aromatic N) is 2. The summed E-state index contributed by atoms with van der Waals surface area (Å²) in [5.41, 5.74) is 15.6. The molecule has 1 aromatic carbocycles. The van der Waals surface area contributed by atoms with Gasteiger partial charge in [-0.25, -0.2) is 0 Å². The van der Waals surface area contributed by atoms with Crippen molar-refractivity contribution in [2.45, 2.75) is 0 Å². The molecule has 5 N–H and O–H groups in total. The van der Waals surface area contributed by atoms with Crippen LogP contribution < -0.4 is 16.9 Å². The third-order valence-electron chi connectivity index (χ3n) is 1.85. The summed E-state index contributed by atoms with van der Waals surface area (Å²) in [5.74, 6) is 0.411. The van der Waals surface area contributed by atoms with Gasteiger partial charge in [-0.15, -0.1) is 0 Å². The maximum Gasteiger partial charge on any atom is 0.168 e. The van der Waals surface area contributed by atoms with E-state index in [1.165, 1.54) is 11.0 Å². The Morgan fingerprint density at radius 2 is 1.86 bits per heavy atom. The van der Waals surface area contributed by atoms with E-state index in [4.69, 9.17) is 11.5 Å². The lowest BCUT2D eigenvalue weighted by Gasteiger charge is -2.06. The van der Waals surface area contributed by atoms with Gasteiger partial charge >= 0.3 is 0 Å². The first-order valence-corrected chi connectivity index (χ1v) is 4.18. The molecule has 2 aromatic rings. The summed E-state index contributed by atoms with van der Waals surface area (Å²) in [5, 5.41) is 3.97. The number of hydrogen-bond acceptors (Lipinski definition) is 4. The summed E-state index contributed by atoms with van der Waals surface area (Å²) >= 11 is 0. The number of nitrogen functional groups attached to an aromatic ring is 2. The Balaban J connectivity index is 2.23. The molecule has 0 bridgehead atoms. The fourth-order valence-electron chi connectivity index (χ4n) is 1.09. The summed E-state index contributed by atoms with van der Waals surface area (Å²) in [4.78, 5) is 1.44. The Kier molecular flexibility index (Phi) is 1.98. The molecule has 0 atom stereocenters. The van der Waals surface area contributed by atoms with Crippen molar-refractivity contribution in [3.05, 3.63) is 36.5 Å². The van der Waals surface area contributed by atoms with Crippen LogP contribution in [0.4, 0.5) is 17.2 Å². The third-order valence-corrected chi connectivity index (χ3v) is 1.85. The number of hydrogen-bond donors (Lipinski definition) is 3. The molecular weight excluding hydrogens is 178 g/mol. The van der Waals surface area contributed by atoms with Gasteiger partial charge < -0.3 is 11.5 Å². The van der Waals surface area contributed by atoms with E-state index >= 15 is 0 Å². The van der Waals surface area contributed by atoms with E-state index in [1.807, 2.05) is 30.3 Å². The molecule has 0 radical (unpaired) electrons. The maximum atomic E-state index is 5.66. The minimum Gasteiger partial charge on any atom is -0.394 e. The lowest BCUT2D eigenvalue weighted by atomic mass is 10.3. The Morgan fingerprint density at radius 3 is 2.43 bits per heavy atom. The van der Waals surface area contributed by atoms with E-state index in [2.05, 4.69) is 10.5 Å². The molecular formula is C9H11N5. The summed E-state index contributed by atoms with van der Waals surface area (Å²) in [7, 11) is 0. The second kappa shape index (κ2) is 3.29. The number of anilines is 3. The van der Waals surface area contributed by atoms with Crippen molar-refractivity contribution in [3.63, 3.8) is 0 Å². The number of nitrogens with one attached hydrogen (secondary N) is 1. The van der Waals surface area contributed by atoms with Crippen LogP contribution in [0.2, 0.25) is 0 Å². The predicted octanol–water partition coefficient (Wildman–Crippen LogP) is 0.923. The fourth-order valence-corrected chi connectivity index (χ4v) is 1.09. The number of benzene rings is 1. The van der Waals surface area contributed by atoms with Gasteiger partial charge in [-0.1, -0.05) is 18.2 Å². The lowest BCUT2D eigenvalue weighted by molar-refractivity contribution is 0.815. The molecule has 0 saturated heterocycles. The zero-order chi connectivity index (χ0) is 9.97. The van der Waals surface area contributed by atoms with Crippen LogP contribution in [0.15, 0.2) is 36.5 Å². The van der Waals surface area contributed by atoms with E-state index < -0.39 is 0 Å². The minimum atomic E-state index is 0.411. The van der Waals surface area contributed by atoms with E-state index in [1.54, 1.807) is 0 Å². The average molecular weight is 189 g/mol. The summed E-state index contributed by atoms with van der Waals surface area (Å²) in [6, 6.07) is 9.61. The SMILES string of the molecule is Nc1cnn(Nc2ccccc2)c1N. The zero-order valence-corrected chi connectivity index (χ0v) is 7.51. The average Bonchev–Trinajstić information content (AvgIpc) is 2.52. The molecule has 0 aliphatic heterocycles. The second-order valence-electron chi connectivity index (χ2n) is 2.87. The van der Waals surface area contributed by atoms with E-state index in [9.17, 15) is 0 Å². The van der Waals surface area contributed by atoms with Crippen LogP contribution >= 0.6 is 0 Å². The topological polar surface area (TPSA) is 81.9 Å². The first kappa shape index (κ1) is 8.43. The Morgan fingerprint density at radius 1 is 1.14 bits per heavy atom. The van der Waals surface area contributed by atoms with Gasteiger partial charge in [0.25, 0.3) is 0 Å². The van der Waals surface area contributed by atoms with Crippen molar-refractivity contribution in [3.8, 4) is 0 Å². The molecule has 1 aromatic heterocycles. The highest BCUT2D eigenvalue weighted by Crippen LogP contribution is 2.13.